The molecule has 2 bridgehead atoms. The van der Waals surface area contributed by atoms with Gasteiger partial charge in [-0.15, -0.1) is 23.2 Å². The van der Waals surface area contributed by atoms with Crippen molar-refractivity contribution in [3.63, 3.8) is 0 Å². The molecule has 2 aliphatic rings. The summed E-state index contributed by atoms with van der Waals surface area (Å²) in [4.78, 5) is -2.36. The quantitative estimate of drug-likeness (QED) is 0.317. The molecule has 0 aliphatic heterocycles. The van der Waals surface area contributed by atoms with Crippen LogP contribution in [0, 0.1) is 5.92 Å². The molecule has 0 saturated heterocycles. The lowest BCUT2D eigenvalue weighted by Crippen LogP contribution is -2.44. The molecule has 1 fully saturated rings. The third-order valence-corrected chi connectivity index (χ3v) is 9.69. The molecule has 0 aromatic rings. The Morgan fingerprint density at radius 2 is 1.59 bits per heavy atom. The number of allylic oxidation sites excluding steroid dienone is 2. The van der Waals surface area contributed by atoms with Gasteiger partial charge in [0.25, 0.3) is 0 Å². The Morgan fingerprint density at radius 1 is 1.06 bits per heavy atom. The molecule has 0 heterocycles. The van der Waals surface area contributed by atoms with Crippen molar-refractivity contribution in [2.45, 2.75) is 26.5 Å². The van der Waals surface area contributed by atoms with E-state index in [0.717, 1.165) is 0 Å². The highest BCUT2D eigenvalue weighted by atomic mass is 35.7. The molecule has 0 nitrogen and oxygen atoms in total. The average Bonchev–Trinajstić information content (AvgIpc) is 2.40. The van der Waals surface area contributed by atoms with Crippen molar-refractivity contribution in [3.8, 4) is 0 Å². The number of hydrogen-bond acceptors (Lipinski definition) is 0. The predicted molar refractivity (Wildman–Crippen MR) is 82.1 cm³/mol. The van der Waals surface area contributed by atoms with Crippen molar-refractivity contribution in [1.29, 1.82) is 0 Å². The van der Waals surface area contributed by atoms with E-state index in [2.05, 4.69) is 0 Å². The SMILES string of the molecule is ClC1=C(Cl)C2(Cl)C(C[SiH](Cl)Cl)CC1(Cl)C2(Cl)Cl. The zero-order valence-electron chi connectivity index (χ0n) is 8.09. The third-order valence-electron chi connectivity index (χ3n) is 3.37. The Bertz CT molecular complexity index is 393. The van der Waals surface area contributed by atoms with Crippen molar-refractivity contribution in [1.82, 2.24) is 0 Å². The van der Waals surface area contributed by atoms with Crippen LogP contribution < -0.4 is 0 Å². The maximum absolute atomic E-state index is 6.52. The van der Waals surface area contributed by atoms with Gasteiger partial charge in [-0.2, -0.15) is 22.2 Å². The van der Waals surface area contributed by atoms with Crippen LogP contribution in [-0.2, 0) is 0 Å². The van der Waals surface area contributed by atoms with E-state index in [1.165, 1.54) is 0 Å². The molecule has 0 aromatic heterocycles. The summed E-state index contributed by atoms with van der Waals surface area (Å²) >= 11 is 49.6. The van der Waals surface area contributed by atoms with Crippen LogP contribution in [0.15, 0.2) is 10.1 Å². The van der Waals surface area contributed by atoms with Crippen LogP contribution in [0.5, 0.6) is 0 Å². The fraction of sp³-hybridized carbons (Fsp3) is 0.750. The lowest BCUT2D eigenvalue weighted by atomic mass is 9.94. The molecular weight excluding hydrogens is 408 g/mol. The molecule has 0 aromatic carbocycles. The average molecular weight is 414 g/mol. The molecular formula is C8H6Cl8Si. The summed E-state index contributed by atoms with van der Waals surface area (Å²) in [6.45, 7) is 0. The van der Waals surface area contributed by atoms with E-state index in [9.17, 15) is 0 Å². The first-order valence-electron chi connectivity index (χ1n) is 4.69. The van der Waals surface area contributed by atoms with Gasteiger partial charge in [-0.05, 0) is 18.4 Å². The molecule has 0 amide bonds. The first-order valence-corrected chi connectivity index (χ1v) is 11.3. The molecule has 2 rings (SSSR count). The van der Waals surface area contributed by atoms with Gasteiger partial charge in [0.05, 0.1) is 10.1 Å². The van der Waals surface area contributed by atoms with E-state index in [1.807, 2.05) is 0 Å². The second-order valence-corrected chi connectivity index (χ2v) is 12.7. The van der Waals surface area contributed by atoms with Gasteiger partial charge in [0, 0.05) is 0 Å². The summed E-state index contributed by atoms with van der Waals surface area (Å²) in [6, 6.07) is 0.530. The number of alkyl halides is 4. The maximum atomic E-state index is 6.52. The van der Waals surface area contributed by atoms with Crippen LogP contribution in [0.4, 0.5) is 0 Å². The Kier molecular flexibility index (Phi) is 4.28. The molecule has 0 radical (unpaired) electrons. The molecule has 1 saturated carbocycles. The van der Waals surface area contributed by atoms with Crippen LogP contribution in [0.25, 0.3) is 0 Å². The van der Waals surface area contributed by atoms with E-state index in [1.54, 1.807) is 0 Å². The Morgan fingerprint density at radius 3 is 1.94 bits per heavy atom. The summed E-state index contributed by atoms with van der Waals surface area (Å²) in [5.74, 6) is -0.168. The molecule has 0 N–H and O–H groups in total. The van der Waals surface area contributed by atoms with Crippen LogP contribution in [-0.4, -0.2) is 21.5 Å². The lowest BCUT2D eigenvalue weighted by Gasteiger charge is -2.33. The first-order chi connectivity index (χ1) is 7.59. The highest BCUT2D eigenvalue weighted by molar-refractivity contribution is 7.33. The molecule has 17 heavy (non-hydrogen) atoms. The van der Waals surface area contributed by atoms with E-state index in [0.29, 0.717) is 12.5 Å². The predicted octanol–water partition coefficient (Wildman–Crippen LogP) is 5.54. The topological polar surface area (TPSA) is 0 Å². The number of halogens is 8. The minimum atomic E-state index is -1.88. The Labute approximate surface area is 140 Å². The summed E-state index contributed by atoms with van der Waals surface area (Å²) in [6.07, 6.45) is 0.420. The molecule has 98 valence electrons. The summed E-state index contributed by atoms with van der Waals surface area (Å²) in [7, 11) is -1.88. The van der Waals surface area contributed by atoms with Crippen LogP contribution >= 0.6 is 91.8 Å². The van der Waals surface area contributed by atoms with Gasteiger partial charge < -0.3 is 0 Å². The fourth-order valence-electron chi connectivity index (χ4n) is 2.49. The molecule has 3 atom stereocenters. The van der Waals surface area contributed by atoms with Crippen LogP contribution in [0.3, 0.4) is 0 Å². The summed E-state index contributed by atoms with van der Waals surface area (Å²) in [5.41, 5.74) is 0. The van der Waals surface area contributed by atoms with Gasteiger partial charge in [0.1, 0.15) is 9.75 Å². The number of rotatable bonds is 2. The molecule has 2 aliphatic carbocycles. The highest BCUT2D eigenvalue weighted by Crippen LogP contribution is 2.74. The maximum Gasteiger partial charge on any atom is 0.237 e. The largest absolute Gasteiger partial charge is 0.237 e. The van der Waals surface area contributed by atoms with Crippen molar-refractivity contribution >= 4 is 99.2 Å². The lowest BCUT2D eigenvalue weighted by molar-refractivity contribution is 0.509. The zero-order valence-corrected chi connectivity index (χ0v) is 15.3. The first kappa shape index (κ1) is 15.7. The summed E-state index contributed by atoms with van der Waals surface area (Å²) in [5, 5.41) is 0.430. The van der Waals surface area contributed by atoms with Crippen LogP contribution in [0.1, 0.15) is 6.42 Å². The minimum absolute atomic E-state index is 0.168. The number of fused-ring (bicyclic) bond motifs is 2. The minimum Gasteiger partial charge on any atom is -0.150 e. The van der Waals surface area contributed by atoms with Crippen molar-refractivity contribution in [3.05, 3.63) is 10.1 Å². The van der Waals surface area contributed by atoms with Crippen molar-refractivity contribution in [2.24, 2.45) is 5.92 Å². The van der Waals surface area contributed by atoms with Gasteiger partial charge >= 0.3 is 0 Å². The Balaban J connectivity index is 2.50. The van der Waals surface area contributed by atoms with Gasteiger partial charge in [0.2, 0.25) is 7.42 Å². The van der Waals surface area contributed by atoms with Crippen molar-refractivity contribution in [2.75, 3.05) is 0 Å². The fourth-order valence-corrected chi connectivity index (χ4v) is 7.74. The second-order valence-electron chi connectivity index (χ2n) is 4.24. The smallest absolute Gasteiger partial charge is 0.150 e. The number of hydrogen-bond donors (Lipinski definition) is 0. The van der Waals surface area contributed by atoms with E-state index >= 15 is 0 Å². The zero-order chi connectivity index (χ0) is 13.2. The Hall–Kier alpha value is 2.28. The van der Waals surface area contributed by atoms with Gasteiger partial charge in [0.15, 0.2) is 4.33 Å². The molecule has 9 heteroatoms. The monoisotopic (exact) mass is 410 g/mol. The van der Waals surface area contributed by atoms with Gasteiger partial charge in [-0.25, -0.2) is 0 Å². The van der Waals surface area contributed by atoms with E-state index in [-0.39, 0.29) is 16.0 Å². The van der Waals surface area contributed by atoms with Gasteiger partial charge in [-0.3, -0.25) is 0 Å². The van der Waals surface area contributed by atoms with Crippen LogP contribution in [0.2, 0.25) is 6.04 Å². The van der Waals surface area contributed by atoms with Crippen molar-refractivity contribution < 1.29 is 0 Å². The molecule has 0 spiro atoms. The second kappa shape index (κ2) is 4.64. The van der Waals surface area contributed by atoms with Gasteiger partial charge in [-0.1, -0.05) is 46.4 Å². The highest BCUT2D eigenvalue weighted by Gasteiger charge is 2.78. The van der Waals surface area contributed by atoms with E-state index in [4.69, 9.17) is 91.8 Å². The van der Waals surface area contributed by atoms with E-state index < -0.39 is 21.5 Å². The molecule has 3 unspecified atom stereocenters. The normalized spacial score (nSPS) is 43.9. The standard InChI is InChI=1S/C8H6Cl8Si/c9-4-5(10)7(12)3(2-17(15)16)1-6(4,11)8(7,13)14/h3,17H,1-2H2. The summed E-state index contributed by atoms with van der Waals surface area (Å²) < 4.78 is -1.46. The third kappa shape index (κ3) is 1.84.